The standard InChI is InChI=1S/C21H16ClF2N3O2/c22-18-6-5-15(8-19(18)24)27-11-14(7-20(27)28)26-21(29)17-10-25-9-16(17)12-1-3-13(23)4-2-12/h1-6,8-10,14,25H,7,11H2,(H,26,29). The van der Waals surface area contributed by atoms with E-state index >= 15 is 0 Å². The minimum absolute atomic E-state index is 0.0222. The number of benzene rings is 2. The Morgan fingerprint density at radius 2 is 1.90 bits per heavy atom. The maximum absolute atomic E-state index is 13.7. The topological polar surface area (TPSA) is 65.2 Å². The smallest absolute Gasteiger partial charge is 0.253 e. The molecule has 0 bridgehead atoms. The quantitative estimate of drug-likeness (QED) is 0.672. The van der Waals surface area contributed by atoms with Crippen molar-refractivity contribution in [2.75, 3.05) is 11.4 Å². The molecule has 1 atom stereocenters. The average Bonchev–Trinajstić information content (AvgIpc) is 3.31. The number of rotatable bonds is 4. The van der Waals surface area contributed by atoms with Crippen LogP contribution in [0, 0.1) is 11.6 Å². The van der Waals surface area contributed by atoms with Crippen molar-refractivity contribution in [2.45, 2.75) is 12.5 Å². The first-order valence-corrected chi connectivity index (χ1v) is 9.29. The molecule has 3 aromatic rings. The summed E-state index contributed by atoms with van der Waals surface area (Å²) in [7, 11) is 0. The van der Waals surface area contributed by atoms with Gasteiger partial charge in [0.2, 0.25) is 5.91 Å². The average molecular weight is 416 g/mol. The number of nitrogens with one attached hydrogen (secondary N) is 2. The van der Waals surface area contributed by atoms with Crippen molar-refractivity contribution < 1.29 is 18.4 Å². The zero-order chi connectivity index (χ0) is 20.5. The summed E-state index contributed by atoms with van der Waals surface area (Å²) >= 11 is 5.69. The fourth-order valence-corrected chi connectivity index (χ4v) is 3.51. The van der Waals surface area contributed by atoms with Crippen LogP contribution in [0.15, 0.2) is 54.9 Å². The van der Waals surface area contributed by atoms with E-state index in [4.69, 9.17) is 11.6 Å². The Labute approximate surface area is 170 Å². The SMILES string of the molecule is O=C(NC1CC(=O)N(c2ccc(Cl)c(F)c2)C1)c1c[nH]cc1-c1ccc(F)cc1. The molecule has 2 N–H and O–H groups in total. The van der Waals surface area contributed by atoms with E-state index in [1.165, 1.54) is 29.2 Å². The van der Waals surface area contributed by atoms with Crippen LogP contribution in [-0.4, -0.2) is 29.4 Å². The highest BCUT2D eigenvalue weighted by atomic mass is 35.5. The lowest BCUT2D eigenvalue weighted by Crippen LogP contribution is -2.37. The normalized spacial score (nSPS) is 16.3. The monoisotopic (exact) mass is 415 g/mol. The highest BCUT2D eigenvalue weighted by Crippen LogP contribution is 2.27. The van der Waals surface area contributed by atoms with Crippen molar-refractivity contribution in [3.05, 3.63) is 77.1 Å². The van der Waals surface area contributed by atoms with Crippen molar-refractivity contribution in [3.63, 3.8) is 0 Å². The largest absolute Gasteiger partial charge is 0.366 e. The van der Waals surface area contributed by atoms with Gasteiger partial charge in [-0.25, -0.2) is 8.78 Å². The lowest BCUT2D eigenvalue weighted by atomic mass is 10.0. The number of nitrogens with zero attached hydrogens (tertiary/aromatic N) is 1. The van der Waals surface area contributed by atoms with E-state index in [2.05, 4.69) is 10.3 Å². The van der Waals surface area contributed by atoms with E-state index in [-0.39, 0.29) is 35.6 Å². The molecule has 0 saturated carbocycles. The van der Waals surface area contributed by atoms with Crippen molar-refractivity contribution in [2.24, 2.45) is 0 Å². The van der Waals surface area contributed by atoms with Gasteiger partial charge in [0.15, 0.2) is 0 Å². The van der Waals surface area contributed by atoms with Crippen LogP contribution in [0.1, 0.15) is 16.8 Å². The van der Waals surface area contributed by atoms with Gasteiger partial charge in [-0.15, -0.1) is 0 Å². The van der Waals surface area contributed by atoms with E-state index in [9.17, 15) is 18.4 Å². The third-order valence-electron chi connectivity index (χ3n) is 4.82. The molecule has 148 valence electrons. The number of anilines is 1. The number of carbonyl (C=O) groups excluding carboxylic acids is 2. The predicted molar refractivity (Wildman–Crippen MR) is 106 cm³/mol. The van der Waals surface area contributed by atoms with Crippen molar-refractivity contribution in [3.8, 4) is 11.1 Å². The van der Waals surface area contributed by atoms with Gasteiger partial charge in [0, 0.05) is 36.6 Å². The first-order valence-electron chi connectivity index (χ1n) is 8.91. The maximum Gasteiger partial charge on any atom is 0.253 e. The van der Waals surface area contributed by atoms with Gasteiger partial charge in [0.25, 0.3) is 5.91 Å². The number of hydrogen-bond acceptors (Lipinski definition) is 2. The minimum Gasteiger partial charge on any atom is -0.366 e. The van der Waals surface area contributed by atoms with Gasteiger partial charge in [-0.05, 0) is 35.9 Å². The van der Waals surface area contributed by atoms with Crippen molar-refractivity contribution in [1.29, 1.82) is 0 Å². The summed E-state index contributed by atoms with van der Waals surface area (Å²) < 4.78 is 26.9. The Hall–Kier alpha value is -3.19. The molecule has 1 aliphatic heterocycles. The maximum atomic E-state index is 13.7. The highest BCUT2D eigenvalue weighted by molar-refractivity contribution is 6.30. The predicted octanol–water partition coefficient (Wildman–Crippen LogP) is 4.15. The van der Waals surface area contributed by atoms with Gasteiger partial charge < -0.3 is 15.2 Å². The molecule has 5 nitrogen and oxygen atoms in total. The molecule has 1 saturated heterocycles. The molecular formula is C21H16ClF2N3O2. The Bertz CT molecular complexity index is 1080. The van der Waals surface area contributed by atoms with Crippen LogP contribution in [0.3, 0.4) is 0 Å². The van der Waals surface area contributed by atoms with E-state index in [0.717, 1.165) is 0 Å². The van der Waals surface area contributed by atoms with E-state index in [1.807, 2.05) is 0 Å². The van der Waals surface area contributed by atoms with Crippen LogP contribution in [0.2, 0.25) is 5.02 Å². The molecule has 8 heteroatoms. The molecule has 0 radical (unpaired) electrons. The number of aromatic amines is 1. The van der Waals surface area contributed by atoms with Crippen LogP contribution in [0.25, 0.3) is 11.1 Å². The second-order valence-electron chi connectivity index (χ2n) is 6.77. The zero-order valence-electron chi connectivity index (χ0n) is 15.1. The molecule has 2 amide bonds. The first-order chi connectivity index (χ1) is 13.9. The minimum atomic E-state index is -0.610. The molecule has 0 aliphatic carbocycles. The molecule has 1 aromatic heterocycles. The van der Waals surface area contributed by atoms with Gasteiger partial charge >= 0.3 is 0 Å². The summed E-state index contributed by atoms with van der Waals surface area (Å²) in [4.78, 5) is 29.4. The van der Waals surface area contributed by atoms with E-state index in [1.54, 1.807) is 30.6 Å². The summed E-state index contributed by atoms with van der Waals surface area (Å²) in [5.74, 6) is -1.54. The van der Waals surface area contributed by atoms with Crippen molar-refractivity contribution >= 4 is 29.1 Å². The number of halogens is 3. The summed E-state index contributed by atoms with van der Waals surface area (Å²) in [5, 5.41) is 2.82. The molecule has 1 aliphatic rings. The summed E-state index contributed by atoms with van der Waals surface area (Å²) in [6, 6.07) is 9.54. The zero-order valence-corrected chi connectivity index (χ0v) is 15.8. The second-order valence-corrected chi connectivity index (χ2v) is 7.17. The van der Waals surface area contributed by atoms with E-state index < -0.39 is 11.9 Å². The Morgan fingerprint density at radius 3 is 2.62 bits per heavy atom. The summed E-state index contributed by atoms with van der Waals surface area (Å²) in [6.07, 6.45) is 3.31. The van der Waals surface area contributed by atoms with Crippen LogP contribution in [0.4, 0.5) is 14.5 Å². The van der Waals surface area contributed by atoms with E-state index in [0.29, 0.717) is 22.4 Å². The third kappa shape index (κ3) is 3.86. The number of H-pyrrole nitrogens is 1. The number of aromatic nitrogens is 1. The van der Waals surface area contributed by atoms with Crippen LogP contribution in [0.5, 0.6) is 0 Å². The number of hydrogen-bond donors (Lipinski definition) is 2. The fourth-order valence-electron chi connectivity index (χ4n) is 3.39. The summed E-state index contributed by atoms with van der Waals surface area (Å²) in [6.45, 7) is 0.224. The highest BCUT2D eigenvalue weighted by Gasteiger charge is 2.32. The van der Waals surface area contributed by atoms with Gasteiger partial charge in [-0.3, -0.25) is 9.59 Å². The van der Waals surface area contributed by atoms with Gasteiger partial charge in [-0.1, -0.05) is 23.7 Å². The lowest BCUT2D eigenvalue weighted by Gasteiger charge is -2.17. The fraction of sp³-hybridized carbons (Fsp3) is 0.143. The number of amides is 2. The third-order valence-corrected chi connectivity index (χ3v) is 5.13. The first kappa shape index (κ1) is 19.1. The summed E-state index contributed by atoms with van der Waals surface area (Å²) in [5.41, 5.74) is 2.10. The van der Waals surface area contributed by atoms with Gasteiger partial charge in [0.05, 0.1) is 16.6 Å². The second kappa shape index (κ2) is 7.67. The van der Waals surface area contributed by atoms with Gasteiger partial charge in [-0.2, -0.15) is 0 Å². The molecular weight excluding hydrogens is 400 g/mol. The van der Waals surface area contributed by atoms with Crippen LogP contribution < -0.4 is 10.2 Å². The lowest BCUT2D eigenvalue weighted by molar-refractivity contribution is -0.117. The molecule has 29 heavy (non-hydrogen) atoms. The van der Waals surface area contributed by atoms with Crippen LogP contribution >= 0.6 is 11.6 Å². The molecule has 2 heterocycles. The van der Waals surface area contributed by atoms with Crippen molar-refractivity contribution in [1.82, 2.24) is 10.3 Å². The molecule has 4 rings (SSSR count). The number of carbonyl (C=O) groups is 2. The van der Waals surface area contributed by atoms with Gasteiger partial charge in [0.1, 0.15) is 11.6 Å². The molecule has 1 unspecified atom stereocenters. The Balaban J connectivity index is 1.49. The Morgan fingerprint density at radius 1 is 1.14 bits per heavy atom. The Kier molecular flexibility index (Phi) is 5.07. The molecule has 0 spiro atoms. The van der Waals surface area contributed by atoms with Crippen LogP contribution in [-0.2, 0) is 4.79 Å². The molecule has 2 aromatic carbocycles. The molecule has 1 fully saturated rings.